The summed E-state index contributed by atoms with van der Waals surface area (Å²) in [5, 5.41) is 0.957. The van der Waals surface area contributed by atoms with Crippen LogP contribution in [0.1, 0.15) is 58.3 Å². The lowest BCUT2D eigenvalue weighted by Crippen LogP contribution is -2.58. The van der Waals surface area contributed by atoms with E-state index < -0.39 is 0 Å². The zero-order valence-electron chi connectivity index (χ0n) is 12.5. The van der Waals surface area contributed by atoms with Crippen LogP contribution in [0.15, 0.2) is 0 Å². The van der Waals surface area contributed by atoms with Gasteiger partial charge in [-0.3, -0.25) is 4.79 Å². The molecule has 0 aromatic carbocycles. The maximum absolute atomic E-state index is 13.3. The van der Waals surface area contributed by atoms with Crippen LogP contribution in [0.25, 0.3) is 0 Å². The lowest BCUT2D eigenvalue weighted by molar-refractivity contribution is -0.166. The molecule has 4 saturated carbocycles. The number of carbonyl (C=O) groups is 1. The second-order valence-corrected chi connectivity index (χ2v) is 9.15. The summed E-state index contributed by atoms with van der Waals surface area (Å²) in [5.41, 5.74) is 0.507. The van der Waals surface area contributed by atoms with E-state index in [-0.39, 0.29) is 5.41 Å². The van der Waals surface area contributed by atoms with Crippen LogP contribution in [0, 0.1) is 22.7 Å². The van der Waals surface area contributed by atoms with Gasteiger partial charge >= 0.3 is 0 Å². The Balaban J connectivity index is 1.62. The maximum Gasteiger partial charge on any atom is 0.229 e. The zero-order chi connectivity index (χ0) is 14.0. The number of halogens is 1. The number of nitrogens with zero attached hydrogens (tertiary/aromatic N) is 1. The van der Waals surface area contributed by atoms with Gasteiger partial charge in [-0.05, 0) is 68.6 Å². The largest absolute Gasteiger partial charge is 0.338 e. The van der Waals surface area contributed by atoms with Gasteiger partial charge in [0.2, 0.25) is 5.91 Å². The average Bonchev–Trinajstić information content (AvgIpc) is 2.82. The van der Waals surface area contributed by atoms with Crippen molar-refractivity contribution >= 4 is 21.8 Å². The second kappa shape index (κ2) is 4.47. The number of likely N-dealkylation sites (tertiary alicyclic amines) is 1. The fourth-order valence-corrected chi connectivity index (χ4v) is 7.21. The molecular weight excluding hydrogens is 314 g/mol. The van der Waals surface area contributed by atoms with Gasteiger partial charge in [0.25, 0.3) is 0 Å². The van der Waals surface area contributed by atoms with Gasteiger partial charge in [-0.1, -0.05) is 22.9 Å². The molecule has 1 heterocycles. The second-order valence-electron chi connectivity index (χ2n) is 8.50. The molecule has 0 radical (unpaired) electrons. The van der Waals surface area contributed by atoms with Crippen molar-refractivity contribution in [2.75, 3.05) is 11.9 Å². The third-order valence-electron chi connectivity index (χ3n) is 6.62. The van der Waals surface area contributed by atoms with Gasteiger partial charge in [0, 0.05) is 17.9 Å². The highest BCUT2D eigenvalue weighted by Gasteiger charge is 2.60. The smallest absolute Gasteiger partial charge is 0.229 e. The van der Waals surface area contributed by atoms with Crippen molar-refractivity contribution in [1.82, 2.24) is 4.90 Å². The van der Waals surface area contributed by atoms with E-state index in [4.69, 9.17) is 0 Å². The average molecular weight is 340 g/mol. The third-order valence-corrected chi connectivity index (χ3v) is 7.37. The van der Waals surface area contributed by atoms with Gasteiger partial charge in [-0.25, -0.2) is 0 Å². The number of amides is 1. The molecule has 0 aromatic heterocycles. The molecule has 20 heavy (non-hydrogen) atoms. The van der Waals surface area contributed by atoms with Crippen molar-refractivity contribution in [3.63, 3.8) is 0 Å². The molecule has 0 N–H and O–H groups in total. The fraction of sp³-hybridized carbons (Fsp3) is 0.941. The predicted molar refractivity (Wildman–Crippen MR) is 83.8 cm³/mol. The SMILES string of the molecule is CC12CC3CC(C1)CC(C(=O)N1CCCC1CBr)(C3)C2. The van der Waals surface area contributed by atoms with Crippen molar-refractivity contribution in [2.45, 2.75) is 64.3 Å². The number of rotatable bonds is 2. The van der Waals surface area contributed by atoms with E-state index in [0.29, 0.717) is 17.4 Å². The summed E-state index contributed by atoms with van der Waals surface area (Å²) in [6.07, 6.45) is 10.1. The first-order valence-electron chi connectivity index (χ1n) is 8.41. The summed E-state index contributed by atoms with van der Waals surface area (Å²) >= 11 is 3.61. The van der Waals surface area contributed by atoms with Crippen molar-refractivity contribution < 1.29 is 4.79 Å². The van der Waals surface area contributed by atoms with Gasteiger partial charge in [-0.15, -0.1) is 0 Å². The first kappa shape index (κ1) is 13.6. The molecule has 1 aliphatic heterocycles. The maximum atomic E-state index is 13.3. The number of alkyl halides is 1. The molecule has 112 valence electrons. The first-order valence-corrected chi connectivity index (χ1v) is 9.53. The topological polar surface area (TPSA) is 20.3 Å². The molecular formula is C17H26BrNO. The van der Waals surface area contributed by atoms with E-state index in [9.17, 15) is 4.79 Å². The van der Waals surface area contributed by atoms with E-state index in [1.54, 1.807) is 0 Å². The highest BCUT2D eigenvalue weighted by molar-refractivity contribution is 9.09. The zero-order valence-corrected chi connectivity index (χ0v) is 14.1. The quantitative estimate of drug-likeness (QED) is 0.697. The molecule has 3 heteroatoms. The van der Waals surface area contributed by atoms with Crippen molar-refractivity contribution in [3.8, 4) is 0 Å². The van der Waals surface area contributed by atoms with Gasteiger partial charge in [-0.2, -0.15) is 0 Å². The molecule has 1 saturated heterocycles. The summed E-state index contributed by atoms with van der Waals surface area (Å²) < 4.78 is 0. The molecule has 4 bridgehead atoms. The lowest BCUT2D eigenvalue weighted by Gasteiger charge is -2.61. The Kier molecular flexibility index (Phi) is 3.04. The Morgan fingerprint density at radius 2 is 1.95 bits per heavy atom. The van der Waals surface area contributed by atoms with Gasteiger partial charge in [0.1, 0.15) is 0 Å². The standard InChI is InChI=1S/C17H26BrNO/c1-16-6-12-5-13(7-16)9-17(8-12,11-16)15(20)19-4-2-3-14(19)10-18/h12-14H,2-11H2,1H3. The minimum atomic E-state index is 0.0313. The van der Waals surface area contributed by atoms with E-state index in [1.807, 2.05) is 0 Å². The van der Waals surface area contributed by atoms with Gasteiger partial charge in [0.15, 0.2) is 0 Å². The van der Waals surface area contributed by atoms with Gasteiger partial charge in [0.05, 0.1) is 5.41 Å². The molecule has 5 fully saturated rings. The fourth-order valence-electron chi connectivity index (χ4n) is 6.54. The van der Waals surface area contributed by atoms with Crippen LogP contribution in [0.4, 0.5) is 0 Å². The molecule has 3 atom stereocenters. The summed E-state index contributed by atoms with van der Waals surface area (Å²) in [6.45, 7) is 3.46. The van der Waals surface area contributed by atoms with E-state index in [1.165, 1.54) is 51.4 Å². The number of hydrogen-bond donors (Lipinski definition) is 0. The summed E-state index contributed by atoms with van der Waals surface area (Å²) in [5.74, 6) is 2.21. The molecule has 5 rings (SSSR count). The van der Waals surface area contributed by atoms with Crippen molar-refractivity contribution in [3.05, 3.63) is 0 Å². The van der Waals surface area contributed by atoms with Crippen LogP contribution in [-0.2, 0) is 4.79 Å². The number of carbonyl (C=O) groups excluding carboxylic acids is 1. The predicted octanol–water partition coefficient (Wildman–Crippen LogP) is 3.98. The molecule has 3 unspecified atom stereocenters. The normalized spacial score (nSPS) is 49.9. The Bertz CT molecular complexity index is 421. The van der Waals surface area contributed by atoms with Crippen molar-refractivity contribution in [2.24, 2.45) is 22.7 Å². The lowest BCUT2D eigenvalue weighted by atomic mass is 9.44. The van der Waals surface area contributed by atoms with Crippen molar-refractivity contribution in [1.29, 1.82) is 0 Å². The van der Waals surface area contributed by atoms with Crippen LogP contribution in [0.3, 0.4) is 0 Å². The molecule has 5 aliphatic rings. The molecule has 4 aliphatic carbocycles. The van der Waals surface area contributed by atoms with Gasteiger partial charge < -0.3 is 4.90 Å². The third kappa shape index (κ3) is 1.91. The van der Waals surface area contributed by atoms with E-state index in [2.05, 4.69) is 27.8 Å². The van der Waals surface area contributed by atoms with E-state index >= 15 is 0 Å². The minimum Gasteiger partial charge on any atom is -0.338 e. The minimum absolute atomic E-state index is 0.0313. The summed E-state index contributed by atoms with van der Waals surface area (Å²) in [7, 11) is 0. The summed E-state index contributed by atoms with van der Waals surface area (Å²) in [4.78, 5) is 15.6. The van der Waals surface area contributed by atoms with Crippen LogP contribution in [-0.4, -0.2) is 28.7 Å². The molecule has 1 amide bonds. The Morgan fingerprint density at radius 1 is 1.25 bits per heavy atom. The molecule has 0 aromatic rings. The Labute approximate surface area is 130 Å². The Morgan fingerprint density at radius 3 is 2.55 bits per heavy atom. The monoisotopic (exact) mass is 339 g/mol. The first-order chi connectivity index (χ1) is 9.54. The van der Waals surface area contributed by atoms with Crippen LogP contribution < -0.4 is 0 Å². The van der Waals surface area contributed by atoms with Crippen LogP contribution >= 0.6 is 15.9 Å². The number of hydrogen-bond acceptors (Lipinski definition) is 1. The highest BCUT2D eigenvalue weighted by Crippen LogP contribution is 2.65. The van der Waals surface area contributed by atoms with E-state index in [0.717, 1.165) is 23.7 Å². The molecule has 2 nitrogen and oxygen atoms in total. The Hall–Kier alpha value is -0.0500. The van der Waals surface area contributed by atoms with Crippen LogP contribution in [0.2, 0.25) is 0 Å². The highest BCUT2D eigenvalue weighted by atomic mass is 79.9. The molecule has 0 spiro atoms. The summed E-state index contributed by atoms with van der Waals surface area (Å²) in [6, 6.07) is 0.461. The van der Waals surface area contributed by atoms with Crippen LogP contribution in [0.5, 0.6) is 0 Å².